The van der Waals surface area contributed by atoms with Crippen molar-refractivity contribution in [2.45, 2.75) is 284 Å². The fourth-order valence-corrected chi connectivity index (χ4v) is 8.22. The molecule has 0 aliphatic heterocycles. The SMILES string of the molecule is CC/C=C\C/C=C\C/C=C\C/C=C\C/C=C\C/C=C\CCCCCCCCC(=O)OCC(COC(=O)CCCCCCCCC)OC(=O)CCCCCCCCCC/C=C\C/C=C\C/C=C\CCCCCCC. The Morgan fingerprint density at radius 3 is 0.836 bits per heavy atom. The van der Waals surface area contributed by atoms with Crippen LogP contribution < -0.4 is 0 Å². The topological polar surface area (TPSA) is 78.9 Å². The first-order chi connectivity index (χ1) is 36.0. The highest BCUT2D eigenvalue weighted by atomic mass is 16.6. The number of esters is 3. The average Bonchev–Trinajstić information content (AvgIpc) is 3.39. The van der Waals surface area contributed by atoms with Crippen molar-refractivity contribution in [3.63, 3.8) is 0 Å². The predicted octanol–water partition coefficient (Wildman–Crippen LogP) is 20.7. The van der Waals surface area contributed by atoms with Gasteiger partial charge in [0.1, 0.15) is 13.2 Å². The Hall–Kier alpha value is -3.93. The smallest absolute Gasteiger partial charge is 0.306 e. The molecule has 6 heteroatoms. The highest BCUT2D eigenvalue weighted by Gasteiger charge is 2.19. The summed E-state index contributed by atoms with van der Waals surface area (Å²) in [6.07, 6.45) is 82.5. The van der Waals surface area contributed by atoms with E-state index in [9.17, 15) is 14.4 Å². The Balaban J connectivity index is 4.24. The van der Waals surface area contributed by atoms with E-state index < -0.39 is 6.10 Å². The van der Waals surface area contributed by atoms with E-state index in [1.165, 1.54) is 109 Å². The lowest BCUT2D eigenvalue weighted by atomic mass is 10.1. The maximum atomic E-state index is 12.8. The fraction of sp³-hybridized carbons (Fsp3) is 0.687. The summed E-state index contributed by atoms with van der Waals surface area (Å²) in [6, 6.07) is 0. The molecule has 6 nitrogen and oxygen atoms in total. The van der Waals surface area contributed by atoms with E-state index in [1.807, 2.05) is 0 Å². The number of hydrogen-bond donors (Lipinski definition) is 0. The zero-order valence-corrected chi connectivity index (χ0v) is 47.6. The van der Waals surface area contributed by atoms with Crippen molar-refractivity contribution in [3.8, 4) is 0 Å². The molecule has 0 fully saturated rings. The van der Waals surface area contributed by atoms with Gasteiger partial charge in [0.05, 0.1) is 0 Å². The van der Waals surface area contributed by atoms with Crippen LogP contribution >= 0.6 is 0 Å². The van der Waals surface area contributed by atoms with Gasteiger partial charge in [-0.3, -0.25) is 14.4 Å². The van der Waals surface area contributed by atoms with E-state index in [-0.39, 0.29) is 31.1 Å². The second kappa shape index (κ2) is 60.6. The number of unbranched alkanes of at least 4 members (excludes halogenated alkanes) is 25. The number of carbonyl (C=O) groups is 3. The van der Waals surface area contributed by atoms with Crippen LogP contribution in [0.2, 0.25) is 0 Å². The second-order valence-corrected chi connectivity index (χ2v) is 19.9. The van der Waals surface area contributed by atoms with Crippen molar-refractivity contribution in [3.05, 3.63) is 109 Å². The molecule has 1 atom stereocenters. The molecule has 0 amide bonds. The Morgan fingerprint density at radius 1 is 0.288 bits per heavy atom. The van der Waals surface area contributed by atoms with Gasteiger partial charge >= 0.3 is 17.9 Å². The number of allylic oxidation sites excluding steroid dienone is 18. The molecule has 0 aromatic heterocycles. The summed E-state index contributed by atoms with van der Waals surface area (Å²) in [6.45, 7) is 6.46. The van der Waals surface area contributed by atoms with Gasteiger partial charge < -0.3 is 14.2 Å². The summed E-state index contributed by atoms with van der Waals surface area (Å²) in [4.78, 5) is 38.0. The van der Waals surface area contributed by atoms with Gasteiger partial charge in [-0.1, -0.05) is 259 Å². The van der Waals surface area contributed by atoms with Gasteiger partial charge in [0.2, 0.25) is 0 Å². The molecular weight excluding hydrogens is 901 g/mol. The summed E-state index contributed by atoms with van der Waals surface area (Å²) < 4.78 is 16.8. The van der Waals surface area contributed by atoms with Crippen LogP contribution in [0, 0.1) is 0 Å². The lowest BCUT2D eigenvalue weighted by molar-refractivity contribution is -0.167. The van der Waals surface area contributed by atoms with Crippen molar-refractivity contribution in [1.82, 2.24) is 0 Å². The van der Waals surface area contributed by atoms with Gasteiger partial charge in [-0.2, -0.15) is 0 Å². The van der Waals surface area contributed by atoms with Crippen molar-refractivity contribution in [1.29, 1.82) is 0 Å². The molecule has 416 valence electrons. The van der Waals surface area contributed by atoms with E-state index in [0.717, 1.165) is 128 Å². The molecule has 0 saturated heterocycles. The van der Waals surface area contributed by atoms with E-state index in [2.05, 4.69) is 130 Å². The van der Waals surface area contributed by atoms with Gasteiger partial charge in [-0.05, 0) is 109 Å². The molecule has 0 rings (SSSR count). The summed E-state index contributed by atoms with van der Waals surface area (Å²) >= 11 is 0. The minimum absolute atomic E-state index is 0.0863. The third kappa shape index (κ3) is 58.8. The molecule has 0 bridgehead atoms. The molecule has 0 spiro atoms. The largest absolute Gasteiger partial charge is 0.462 e. The van der Waals surface area contributed by atoms with Crippen LogP contribution in [0.15, 0.2) is 109 Å². The minimum Gasteiger partial charge on any atom is -0.462 e. The monoisotopic (exact) mass is 1010 g/mol. The van der Waals surface area contributed by atoms with Crippen LogP contribution in [0.3, 0.4) is 0 Å². The highest BCUT2D eigenvalue weighted by molar-refractivity contribution is 5.71. The molecule has 0 aliphatic carbocycles. The fourth-order valence-electron chi connectivity index (χ4n) is 8.22. The normalized spacial score (nSPS) is 12.9. The Kier molecular flexibility index (Phi) is 57.4. The molecule has 0 N–H and O–H groups in total. The zero-order chi connectivity index (χ0) is 52.9. The van der Waals surface area contributed by atoms with Crippen LogP contribution in [-0.2, 0) is 28.6 Å². The van der Waals surface area contributed by atoms with E-state index in [4.69, 9.17) is 14.2 Å². The van der Waals surface area contributed by atoms with Gasteiger partial charge in [0.25, 0.3) is 0 Å². The van der Waals surface area contributed by atoms with Crippen molar-refractivity contribution >= 4 is 17.9 Å². The van der Waals surface area contributed by atoms with Crippen LogP contribution in [0.1, 0.15) is 278 Å². The van der Waals surface area contributed by atoms with Gasteiger partial charge in [0.15, 0.2) is 6.10 Å². The molecule has 0 aromatic rings. The van der Waals surface area contributed by atoms with Crippen LogP contribution in [-0.4, -0.2) is 37.2 Å². The number of carbonyl (C=O) groups excluding carboxylic acids is 3. The molecular formula is C67H112O6. The Bertz CT molecular complexity index is 1490. The summed E-state index contributed by atoms with van der Waals surface area (Å²) in [5, 5.41) is 0. The van der Waals surface area contributed by atoms with Crippen molar-refractivity contribution < 1.29 is 28.6 Å². The third-order valence-electron chi connectivity index (χ3n) is 12.8. The summed E-state index contributed by atoms with van der Waals surface area (Å²) in [5.41, 5.74) is 0. The number of ether oxygens (including phenoxy) is 3. The lowest BCUT2D eigenvalue weighted by Crippen LogP contribution is -2.30. The molecule has 0 aliphatic rings. The molecule has 73 heavy (non-hydrogen) atoms. The number of rotatable bonds is 54. The minimum atomic E-state index is -0.788. The van der Waals surface area contributed by atoms with Gasteiger partial charge in [-0.15, -0.1) is 0 Å². The average molecular weight is 1010 g/mol. The van der Waals surface area contributed by atoms with Gasteiger partial charge in [0, 0.05) is 19.3 Å². The molecule has 0 aromatic carbocycles. The molecule has 0 radical (unpaired) electrons. The van der Waals surface area contributed by atoms with E-state index >= 15 is 0 Å². The van der Waals surface area contributed by atoms with E-state index in [1.54, 1.807) is 0 Å². The van der Waals surface area contributed by atoms with Crippen LogP contribution in [0.5, 0.6) is 0 Å². The molecule has 0 saturated carbocycles. The maximum Gasteiger partial charge on any atom is 0.306 e. The van der Waals surface area contributed by atoms with E-state index in [0.29, 0.717) is 19.3 Å². The summed E-state index contributed by atoms with van der Waals surface area (Å²) in [5.74, 6) is -0.913. The first-order valence-corrected chi connectivity index (χ1v) is 30.4. The predicted molar refractivity (Wildman–Crippen MR) is 316 cm³/mol. The van der Waals surface area contributed by atoms with Gasteiger partial charge in [-0.25, -0.2) is 0 Å². The highest BCUT2D eigenvalue weighted by Crippen LogP contribution is 2.15. The number of hydrogen-bond acceptors (Lipinski definition) is 6. The lowest BCUT2D eigenvalue weighted by Gasteiger charge is -2.18. The first-order valence-electron chi connectivity index (χ1n) is 30.4. The van der Waals surface area contributed by atoms with Crippen molar-refractivity contribution in [2.24, 2.45) is 0 Å². The standard InChI is InChI=1S/C67H112O6/c1-4-7-10-13-16-18-20-22-24-26-28-30-32-33-35-36-38-40-42-44-46-48-51-54-57-60-66(69)72-63-64(62-71-65(68)59-56-53-50-15-12-9-6-3)73-67(70)61-58-55-52-49-47-45-43-41-39-37-34-31-29-27-25-23-21-19-17-14-11-8-5-2/h7,10,16,18,21-24,27-30,33-35,37-38,40,64H,4-6,8-9,11-15,17,19-20,25-26,31-32,36,39,41-63H2,1-3H3/b10-7-,18-16-,23-21-,24-22-,29-27-,30-28-,35-33-,37-34-,40-38-. The Labute approximate surface area is 450 Å². The van der Waals surface area contributed by atoms with Crippen LogP contribution in [0.25, 0.3) is 0 Å². The first kappa shape index (κ1) is 69.1. The quantitative estimate of drug-likeness (QED) is 0.0261. The second-order valence-electron chi connectivity index (χ2n) is 19.9. The third-order valence-corrected chi connectivity index (χ3v) is 12.8. The molecule has 0 heterocycles. The maximum absolute atomic E-state index is 12.8. The molecule has 1 unspecified atom stereocenters. The van der Waals surface area contributed by atoms with Crippen molar-refractivity contribution in [2.75, 3.05) is 13.2 Å². The summed E-state index contributed by atoms with van der Waals surface area (Å²) in [7, 11) is 0. The zero-order valence-electron chi connectivity index (χ0n) is 47.6. The Morgan fingerprint density at radius 2 is 0.534 bits per heavy atom. The van der Waals surface area contributed by atoms with Crippen LogP contribution in [0.4, 0.5) is 0 Å².